The average molecular weight is 275 g/mol. The molecular formula is C14H15ClN4. The van der Waals surface area contributed by atoms with E-state index in [1.807, 2.05) is 13.2 Å². The van der Waals surface area contributed by atoms with Crippen LogP contribution < -0.4 is 0 Å². The molecule has 0 unspecified atom stereocenters. The number of hydrogen-bond acceptors (Lipinski definition) is 3. The van der Waals surface area contributed by atoms with Gasteiger partial charge in [-0.1, -0.05) is 35.6 Å². The fourth-order valence-corrected chi connectivity index (χ4v) is 2.39. The molecule has 98 valence electrons. The molecule has 2 aromatic rings. The molecule has 2 heterocycles. The molecule has 0 spiro atoms. The van der Waals surface area contributed by atoms with E-state index in [1.165, 1.54) is 11.1 Å². The van der Waals surface area contributed by atoms with E-state index in [4.69, 9.17) is 11.8 Å². The van der Waals surface area contributed by atoms with E-state index >= 15 is 0 Å². The number of nitrogens with zero attached hydrogens (tertiary/aromatic N) is 4. The Labute approximate surface area is 117 Å². The molecule has 0 amide bonds. The highest BCUT2D eigenvalue weighted by Crippen LogP contribution is 2.25. The van der Waals surface area contributed by atoms with Crippen molar-refractivity contribution in [2.24, 2.45) is 7.05 Å². The predicted octanol–water partition coefficient (Wildman–Crippen LogP) is 2.73. The lowest BCUT2D eigenvalue weighted by molar-refractivity contribution is 0.499. The van der Waals surface area contributed by atoms with Gasteiger partial charge in [-0.3, -0.25) is 4.68 Å². The summed E-state index contributed by atoms with van der Waals surface area (Å²) in [5, 5.41) is 8.06. The molecule has 4 nitrogen and oxygen atoms in total. The van der Waals surface area contributed by atoms with E-state index in [-0.39, 0.29) is 0 Å². The summed E-state index contributed by atoms with van der Waals surface area (Å²) >= 11 is 5.95. The second-order valence-corrected chi connectivity index (χ2v) is 5.18. The van der Waals surface area contributed by atoms with Gasteiger partial charge in [0, 0.05) is 25.7 Å². The first-order chi connectivity index (χ1) is 9.22. The van der Waals surface area contributed by atoms with Crippen molar-refractivity contribution in [2.45, 2.75) is 6.42 Å². The van der Waals surface area contributed by atoms with Crippen LogP contribution in [0.2, 0.25) is 0 Å². The maximum Gasteiger partial charge on any atom is 0.113 e. The minimum absolute atomic E-state index is 0.808. The summed E-state index contributed by atoms with van der Waals surface area (Å²) in [5.41, 5.74) is 4.62. The van der Waals surface area contributed by atoms with Gasteiger partial charge < -0.3 is 0 Å². The first-order valence-electron chi connectivity index (χ1n) is 6.29. The van der Waals surface area contributed by atoms with Gasteiger partial charge in [-0.15, -0.1) is 5.10 Å². The molecule has 1 aliphatic rings. The van der Waals surface area contributed by atoms with E-state index in [2.05, 4.69) is 40.7 Å². The highest BCUT2D eigenvalue weighted by molar-refractivity contribution is 6.13. The molecule has 3 rings (SSSR count). The largest absolute Gasteiger partial charge is 0.255 e. The Morgan fingerprint density at radius 1 is 1.16 bits per heavy atom. The third-order valence-electron chi connectivity index (χ3n) is 3.31. The standard InChI is InChI=1S/C14H15ClN4/c1-18-10-14(16-17-18)13-4-2-11(3-5-13)12-6-8-19(15)9-7-12/h2-6,10H,7-9H2,1H3. The quantitative estimate of drug-likeness (QED) is 0.790. The van der Waals surface area contributed by atoms with Gasteiger partial charge in [-0.05, 0) is 29.3 Å². The van der Waals surface area contributed by atoms with Crippen LogP contribution in [0.25, 0.3) is 16.8 Å². The highest BCUT2D eigenvalue weighted by atomic mass is 35.5. The number of aromatic nitrogens is 3. The van der Waals surface area contributed by atoms with Crippen LogP contribution in [0.5, 0.6) is 0 Å². The predicted molar refractivity (Wildman–Crippen MR) is 76.5 cm³/mol. The number of rotatable bonds is 2. The van der Waals surface area contributed by atoms with Crippen LogP contribution in [0.3, 0.4) is 0 Å². The lowest BCUT2D eigenvalue weighted by Crippen LogP contribution is -2.18. The van der Waals surface area contributed by atoms with Gasteiger partial charge in [-0.25, -0.2) is 4.42 Å². The normalized spacial score (nSPS) is 16.4. The minimum atomic E-state index is 0.808. The van der Waals surface area contributed by atoms with Gasteiger partial charge in [0.2, 0.25) is 0 Å². The van der Waals surface area contributed by atoms with Crippen LogP contribution in [0.4, 0.5) is 0 Å². The maximum atomic E-state index is 5.95. The molecular weight excluding hydrogens is 260 g/mol. The van der Waals surface area contributed by atoms with Crippen LogP contribution in [-0.2, 0) is 7.05 Å². The second kappa shape index (κ2) is 5.15. The molecule has 0 fully saturated rings. The molecule has 5 heteroatoms. The maximum absolute atomic E-state index is 5.95. The summed E-state index contributed by atoms with van der Waals surface area (Å²) < 4.78 is 3.51. The van der Waals surface area contributed by atoms with Gasteiger partial charge in [-0.2, -0.15) is 0 Å². The lowest BCUT2D eigenvalue weighted by Gasteiger charge is -2.19. The van der Waals surface area contributed by atoms with Crippen LogP contribution in [0, 0.1) is 0 Å². The molecule has 0 aliphatic carbocycles. The molecule has 0 bridgehead atoms. The number of halogens is 1. The number of hydrogen-bond donors (Lipinski definition) is 0. The summed E-state index contributed by atoms with van der Waals surface area (Å²) in [7, 11) is 1.87. The zero-order valence-electron chi connectivity index (χ0n) is 10.8. The van der Waals surface area contributed by atoms with Gasteiger partial charge in [0.15, 0.2) is 0 Å². The first-order valence-corrected chi connectivity index (χ1v) is 6.63. The Kier molecular flexibility index (Phi) is 3.36. The van der Waals surface area contributed by atoms with Crippen molar-refractivity contribution in [3.8, 4) is 11.3 Å². The summed E-state index contributed by atoms with van der Waals surface area (Å²) in [5.74, 6) is 0. The van der Waals surface area contributed by atoms with E-state index in [9.17, 15) is 0 Å². The Morgan fingerprint density at radius 3 is 2.47 bits per heavy atom. The third-order valence-corrected chi connectivity index (χ3v) is 3.62. The van der Waals surface area contributed by atoms with E-state index in [0.717, 1.165) is 30.8 Å². The van der Waals surface area contributed by atoms with Crippen molar-refractivity contribution in [3.05, 3.63) is 42.1 Å². The van der Waals surface area contributed by atoms with Gasteiger partial charge in [0.1, 0.15) is 5.69 Å². The van der Waals surface area contributed by atoms with Crippen LogP contribution in [-0.4, -0.2) is 32.5 Å². The molecule has 0 N–H and O–H groups in total. The van der Waals surface area contributed by atoms with Gasteiger partial charge in [0.05, 0.1) is 6.20 Å². The Bertz CT molecular complexity index is 600. The highest BCUT2D eigenvalue weighted by Gasteiger charge is 2.11. The van der Waals surface area contributed by atoms with E-state index in [1.54, 1.807) is 9.10 Å². The zero-order valence-corrected chi connectivity index (χ0v) is 11.5. The molecule has 1 aromatic heterocycles. The van der Waals surface area contributed by atoms with Crippen molar-refractivity contribution < 1.29 is 0 Å². The molecule has 0 atom stereocenters. The minimum Gasteiger partial charge on any atom is -0.255 e. The van der Waals surface area contributed by atoms with E-state index < -0.39 is 0 Å². The average Bonchev–Trinajstić information content (AvgIpc) is 2.87. The van der Waals surface area contributed by atoms with Gasteiger partial charge >= 0.3 is 0 Å². The summed E-state index contributed by atoms with van der Waals surface area (Å²) in [4.78, 5) is 0. The zero-order chi connectivity index (χ0) is 13.2. The topological polar surface area (TPSA) is 34.0 Å². The number of aryl methyl sites for hydroxylation is 1. The molecule has 0 saturated carbocycles. The Morgan fingerprint density at radius 2 is 1.89 bits per heavy atom. The smallest absolute Gasteiger partial charge is 0.113 e. The summed E-state index contributed by atoms with van der Waals surface area (Å²) in [6.45, 7) is 1.71. The second-order valence-electron chi connectivity index (χ2n) is 4.70. The van der Waals surface area contributed by atoms with E-state index in [0.29, 0.717) is 0 Å². The van der Waals surface area contributed by atoms with Crippen LogP contribution >= 0.6 is 11.8 Å². The van der Waals surface area contributed by atoms with Crippen molar-refractivity contribution in [1.29, 1.82) is 0 Å². The fourth-order valence-electron chi connectivity index (χ4n) is 2.24. The molecule has 19 heavy (non-hydrogen) atoms. The molecule has 1 aliphatic heterocycles. The fraction of sp³-hybridized carbons (Fsp3) is 0.286. The summed E-state index contributed by atoms with van der Waals surface area (Å²) in [6, 6.07) is 8.46. The SMILES string of the molecule is Cn1cc(-c2ccc(C3=CCN(Cl)CC3)cc2)nn1. The van der Waals surface area contributed by atoms with Crippen molar-refractivity contribution in [1.82, 2.24) is 19.4 Å². The van der Waals surface area contributed by atoms with Crippen LogP contribution in [0.1, 0.15) is 12.0 Å². The summed E-state index contributed by atoms with van der Waals surface area (Å²) in [6.07, 6.45) is 5.10. The lowest BCUT2D eigenvalue weighted by atomic mass is 9.99. The molecule has 0 radical (unpaired) electrons. The molecule has 1 aromatic carbocycles. The van der Waals surface area contributed by atoms with Crippen molar-refractivity contribution in [2.75, 3.05) is 13.1 Å². The molecule has 0 saturated heterocycles. The third kappa shape index (κ3) is 2.69. The Hall–Kier alpha value is -1.65. The van der Waals surface area contributed by atoms with Crippen molar-refractivity contribution >= 4 is 17.3 Å². The number of benzene rings is 1. The van der Waals surface area contributed by atoms with Gasteiger partial charge in [0.25, 0.3) is 0 Å². The monoisotopic (exact) mass is 274 g/mol. The van der Waals surface area contributed by atoms with Crippen molar-refractivity contribution in [3.63, 3.8) is 0 Å². The first kappa shape index (κ1) is 12.4. The van der Waals surface area contributed by atoms with Crippen LogP contribution in [0.15, 0.2) is 36.5 Å². The Balaban J connectivity index is 1.83.